The van der Waals surface area contributed by atoms with E-state index in [0.29, 0.717) is 13.2 Å². The lowest BCUT2D eigenvalue weighted by Crippen LogP contribution is -2.47. The van der Waals surface area contributed by atoms with Gasteiger partial charge in [0.25, 0.3) is 0 Å². The number of benzene rings is 2. The Bertz CT molecular complexity index is 758. The second-order valence-electron chi connectivity index (χ2n) is 5.90. The smallest absolute Gasteiger partial charge is 0.152 e. The molecule has 4 rings (SSSR count). The molecule has 0 saturated carbocycles. The third-order valence-electron chi connectivity index (χ3n) is 4.60. The first-order valence-electron chi connectivity index (χ1n) is 9.05. The van der Waals surface area contributed by atoms with Crippen molar-refractivity contribution in [2.45, 2.75) is 30.9 Å². The molecule has 0 bridgehead atoms. The number of nitrogens with one attached hydrogen (secondary N) is 1. The maximum atomic E-state index is 13.1. The minimum Gasteiger partial charge on any atom is -0.497 e. The lowest BCUT2D eigenvalue weighted by molar-refractivity contribution is -0.0221. The fourth-order valence-electron chi connectivity index (χ4n) is 3.40. The van der Waals surface area contributed by atoms with Gasteiger partial charge in [-0.05, 0) is 30.3 Å². The van der Waals surface area contributed by atoms with Gasteiger partial charge in [-0.3, -0.25) is 9.62 Å². The van der Waals surface area contributed by atoms with Crippen LogP contribution in [0, 0.1) is 0 Å². The first-order chi connectivity index (χ1) is 12.7. The van der Waals surface area contributed by atoms with Crippen molar-refractivity contribution in [3.05, 3.63) is 54.1 Å². The van der Waals surface area contributed by atoms with E-state index in [-0.39, 0.29) is 0 Å². The van der Waals surface area contributed by atoms with Gasteiger partial charge in [-0.15, -0.1) is 0 Å². The summed E-state index contributed by atoms with van der Waals surface area (Å²) < 4.78 is 26.2. The highest BCUT2D eigenvalue weighted by Gasteiger charge is 2.43. The Hall–Kier alpha value is -1.89. The minimum atomic E-state index is -1.26. The van der Waals surface area contributed by atoms with E-state index in [9.17, 15) is 4.21 Å². The summed E-state index contributed by atoms with van der Waals surface area (Å²) in [4.78, 5) is 0.766. The molecule has 0 aromatic heterocycles. The van der Waals surface area contributed by atoms with Crippen LogP contribution in [0.15, 0.2) is 53.4 Å². The molecule has 26 heavy (non-hydrogen) atoms. The monoisotopic (exact) mass is 374 g/mol. The molecule has 1 saturated heterocycles. The molecule has 0 amide bonds. The lowest BCUT2D eigenvalue weighted by atomic mass is 9.94. The van der Waals surface area contributed by atoms with Gasteiger partial charge in [-0.2, -0.15) is 0 Å². The number of hydrogen-bond acceptors (Lipinski definition) is 4. The second-order valence-corrected chi connectivity index (χ2v) is 7.31. The summed E-state index contributed by atoms with van der Waals surface area (Å²) in [6.07, 6.45) is 0.770. The molecular formula is C20H26N2O3S. The van der Waals surface area contributed by atoms with Crippen molar-refractivity contribution in [2.75, 3.05) is 31.1 Å². The summed E-state index contributed by atoms with van der Waals surface area (Å²) in [5.74, 6) is 0.761. The van der Waals surface area contributed by atoms with Crippen molar-refractivity contribution in [1.29, 1.82) is 0 Å². The Morgan fingerprint density at radius 3 is 2.54 bits per heavy atom. The van der Waals surface area contributed by atoms with Crippen LogP contribution in [0.5, 0.6) is 5.75 Å². The normalized spacial score (nSPS) is 22.3. The quantitative estimate of drug-likeness (QED) is 0.894. The van der Waals surface area contributed by atoms with E-state index in [1.54, 1.807) is 7.11 Å². The number of fused-ring (bicyclic) bond motifs is 2. The molecule has 2 aliphatic rings. The Labute approximate surface area is 157 Å². The summed E-state index contributed by atoms with van der Waals surface area (Å²) in [5.41, 5.74) is 1.60. The SMILES string of the molecule is CC.COc1ccc(S(=O)N2CCC3(NCCO3)c3ccccc32)cc1. The topological polar surface area (TPSA) is 50.8 Å². The van der Waals surface area contributed by atoms with Gasteiger partial charge in [0, 0.05) is 25.1 Å². The zero-order chi connectivity index (χ0) is 18.6. The van der Waals surface area contributed by atoms with E-state index < -0.39 is 16.7 Å². The molecule has 140 valence electrons. The van der Waals surface area contributed by atoms with Crippen LogP contribution in [0.2, 0.25) is 0 Å². The summed E-state index contributed by atoms with van der Waals surface area (Å²) in [6, 6.07) is 15.4. The molecule has 1 spiro atoms. The fourth-order valence-corrected chi connectivity index (χ4v) is 4.62. The highest BCUT2D eigenvalue weighted by Crippen LogP contribution is 2.41. The first-order valence-corrected chi connectivity index (χ1v) is 10.2. The average molecular weight is 375 g/mol. The van der Waals surface area contributed by atoms with Crippen LogP contribution in [0.25, 0.3) is 0 Å². The van der Waals surface area contributed by atoms with Crippen LogP contribution in [0.3, 0.4) is 0 Å². The van der Waals surface area contributed by atoms with Crippen LogP contribution < -0.4 is 14.4 Å². The zero-order valence-electron chi connectivity index (χ0n) is 15.5. The fraction of sp³-hybridized carbons (Fsp3) is 0.400. The van der Waals surface area contributed by atoms with Gasteiger partial charge >= 0.3 is 0 Å². The highest BCUT2D eigenvalue weighted by atomic mass is 32.2. The molecule has 1 fully saturated rings. The average Bonchev–Trinajstić information content (AvgIpc) is 3.19. The molecule has 2 aromatic carbocycles. The van der Waals surface area contributed by atoms with Crippen molar-refractivity contribution in [1.82, 2.24) is 5.32 Å². The van der Waals surface area contributed by atoms with Gasteiger partial charge in [0.1, 0.15) is 11.5 Å². The van der Waals surface area contributed by atoms with Gasteiger partial charge in [-0.1, -0.05) is 32.0 Å². The van der Waals surface area contributed by atoms with Crippen molar-refractivity contribution in [3.8, 4) is 5.75 Å². The molecule has 2 heterocycles. The molecule has 1 N–H and O–H groups in total. The van der Waals surface area contributed by atoms with E-state index >= 15 is 0 Å². The van der Waals surface area contributed by atoms with E-state index in [2.05, 4.69) is 11.4 Å². The Morgan fingerprint density at radius 2 is 1.88 bits per heavy atom. The van der Waals surface area contributed by atoms with Crippen molar-refractivity contribution in [2.24, 2.45) is 0 Å². The van der Waals surface area contributed by atoms with Gasteiger partial charge in [0.2, 0.25) is 0 Å². The molecule has 2 unspecified atom stereocenters. The number of methoxy groups -OCH3 is 1. The maximum Gasteiger partial charge on any atom is 0.152 e. The third kappa shape index (κ3) is 3.37. The number of rotatable bonds is 3. The molecule has 2 aromatic rings. The largest absolute Gasteiger partial charge is 0.497 e. The highest BCUT2D eigenvalue weighted by molar-refractivity contribution is 7.86. The van der Waals surface area contributed by atoms with E-state index in [4.69, 9.17) is 9.47 Å². The summed E-state index contributed by atoms with van der Waals surface area (Å²) in [6.45, 7) is 6.22. The molecular weight excluding hydrogens is 348 g/mol. The molecule has 0 radical (unpaired) electrons. The van der Waals surface area contributed by atoms with Crippen molar-refractivity contribution >= 4 is 16.7 Å². The Kier molecular flexibility index (Phi) is 5.96. The first kappa shape index (κ1) is 18.9. The van der Waals surface area contributed by atoms with Crippen LogP contribution in [0.1, 0.15) is 25.8 Å². The van der Waals surface area contributed by atoms with Gasteiger partial charge in [-0.25, -0.2) is 4.21 Å². The van der Waals surface area contributed by atoms with E-state index in [1.165, 1.54) is 0 Å². The lowest BCUT2D eigenvalue weighted by Gasteiger charge is -2.40. The predicted molar refractivity (Wildman–Crippen MR) is 105 cm³/mol. The molecule has 5 nitrogen and oxygen atoms in total. The minimum absolute atomic E-state index is 0.433. The summed E-state index contributed by atoms with van der Waals surface area (Å²) in [5, 5.41) is 3.48. The number of nitrogens with zero attached hydrogens (tertiary/aromatic N) is 1. The maximum absolute atomic E-state index is 13.1. The standard InChI is InChI=1S/C18H20N2O3S.C2H6/c1-22-14-6-8-15(9-7-14)24(21)20-12-10-18(19-11-13-23-18)16-4-2-3-5-17(16)20;1-2/h2-9,19H,10-13H2,1H3;1-2H3. The van der Waals surface area contributed by atoms with Crippen LogP contribution in [0.4, 0.5) is 5.69 Å². The van der Waals surface area contributed by atoms with Crippen molar-refractivity contribution < 1.29 is 13.7 Å². The van der Waals surface area contributed by atoms with Gasteiger partial charge in [0.05, 0.1) is 24.3 Å². The number of anilines is 1. The Balaban J connectivity index is 0.000000948. The van der Waals surface area contributed by atoms with Crippen LogP contribution in [-0.2, 0) is 21.4 Å². The predicted octanol–water partition coefficient (Wildman–Crippen LogP) is 3.43. The molecule has 6 heteroatoms. The zero-order valence-corrected chi connectivity index (χ0v) is 16.3. The van der Waals surface area contributed by atoms with Gasteiger partial charge < -0.3 is 9.47 Å². The molecule has 2 atom stereocenters. The molecule has 0 aliphatic carbocycles. The third-order valence-corrected chi connectivity index (χ3v) is 6.05. The number of hydrogen-bond donors (Lipinski definition) is 1. The Morgan fingerprint density at radius 1 is 1.15 bits per heavy atom. The number of ether oxygens (including phenoxy) is 2. The summed E-state index contributed by atoms with van der Waals surface area (Å²) in [7, 11) is 0.362. The summed E-state index contributed by atoms with van der Waals surface area (Å²) >= 11 is 0. The molecule has 2 aliphatic heterocycles. The van der Waals surface area contributed by atoms with E-state index in [0.717, 1.165) is 34.9 Å². The van der Waals surface area contributed by atoms with Gasteiger partial charge in [0.15, 0.2) is 11.0 Å². The van der Waals surface area contributed by atoms with E-state index in [1.807, 2.05) is 60.6 Å². The second kappa shape index (κ2) is 8.20. The van der Waals surface area contributed by atoms with Crippen LogP contribution >= 0.6 is 0 Å². The number of para-hydroxylation sites is 1. The van der Waals surface area contributed by atoms with Crippen LogP contribution in [-0.4, -0.2) is 31.0 Å². The van der Waals surface area contributed by atoms with Crippen molar-refractivity contribution in [3.63, 3.8) is 0 Å².